The number of methoxy groups -OCH3 is 1. The Morgan fingerprint density at radius 2 is 2.04 bits per heavy atom. The highest BCUT2D eigenvalue weighted by atomic mass is 79.9. The van der Waals surface area contributed by atoms with Crippen LogP contribution in [0.25, 0.3) is 11.0 Å². The summed E-state index contributed by atoms with van der Waals surface area (Å²) in [6.45, 7) is -1.03. The molecule has 0 radical (unpaired) electrons. The smallest absolute Gasteiger partial charge is 0.338 e. The van der Waals surface area contributed by atoms with Crippen LogP contribution in [0.1, 0.15) is 29.7 Å². The molecule has 0 saturated heterocycles. The van der Waals surface area contributed by atoms with Gasteiger partial charge in [0.1, 0.15) is 6.61 Å². The first-order valence-electron chi connectivity index (χ1n) is 8.37. The molecule has 148 valence electrons. The van der Waals surface area contributed by atoms with Gasteiger partial charge in [-0.05, 0) is 47.1 Å². The van der Waals surface area contributed by atoms with Crippen LogP contribution in [-0.4, -0.2) is 29.2 Å². The van der Waals surface area contributed by atoms with E-state index in [2.05, 4.69) is 20.9 Å². The van der Waals surface area contributed by atoms with E-state index in [4.69, 9.17) is 14.2 Å². The molecule has 2 aromatic carbocycles. The fourth-order valence-electron chi connectivity index (χ4n) is 2.77. The predicted octanol–water partition coefficient (Wildman–Crippen LogP) is 4.96. The van der Waals surface area contributed by atoms with Crippen molar-refractivity contribution in [2.24, 2.45) is 0 Å². The average molecular weight is 455 g/mol. The van der Waals surface area contributed by atoms with Crippen molar-refractivity contribution in [2.45, 2.75) is 20.1 Å². The summed E-state index contributed by atoms with van der Waals surface area (Å²) in [5.41, 5.74) is 0.866. The van der Waals surface area contributed by atoms with Crippen LogP contribution in [0.5, 0.6) is 11.5 Å². The number of para-hydroxylation sites is 2. The molecule has 6 nitrogen and oxygen atoms in total. The van der Waals surface area contributed by atoms with E-state index in [0.29, 0.717) is 28.1 Å². The minimum Gasteiger partial charge on any atom is -0.492 e. The maximum Gasteiger partial charge on any atom is 0.338 e. The van der Waals surface area contributed by atoms with E-state index in [0.717, 1.165) is 4.57 Å². The van der Waals surface area contributed by atoms with Gasteiger partial charge in [-0.1, -0.05) is 12.1 Å². The van der Waals surface area contributed by atoms with Crippen LogP contribution in [0.3, 0.4) is 0 Å². The Morgan fingerprint density at radius 3 is 2.71 bits per heavy atom. The minimum atomic E-state index is -2.80. The summed E-state index contributed by atoms with van der Waals surface area (Å²) in [4.78, 5) is 16.6. The molecule has 0 spiro atoms. The van der Waals surface area contributed by atoms with Crippen molar-refractivity contribution in [2.75, 3.05) is 13.7 Å². The van der Waals surface area contributed by atoms with Gasteiger partial charge in [-0.2, -0.15) is 8.78 Å². The maximum absolute atomic E-state index is 13.5. The van der Waals surface area contributed by atoms with Crippen molar-refractivity contribution in [3.8, 4) is 11.5 Å². The third kappa shape index (κ3) is 3.94. The van der Waals surface area contributed by atoms with Crippen LogP contribution in [0.4, 0.5) is 8.78 Å². The molecule has 0 bridgehead atoms. The number of imidazole rings is 1. The van der Waals surface area contributed by atoms with E-state index in [-0.39, 0.29) is 16.9 Å². The van der Waals surface area contributed by atoms with Gasteiger partial charge in [0.25, 0.3) is 0 Å². The number of carbonyl (C=O) groups is 1. The molecule has 3 rings (SSSR count). The number of rotatable bonds is 7. The molecule has 0 aliphatic carbocycles. The lowest BCUT2D eigenvalue weighted by Crippen LogP contribution is -2.11. The molecule has 0 saturated carbocycles. The lowest BCUT2D eigenvalue weighted by Gasteiger charge is -2.13. The van der Waals surface area contributed by atoms with Gasteiger partial charge in [-0.3, -0.25) is 4.57 Å². The maximum atomic E-state index is 13.5. The lowest BCUT2D eigenvalue weighted by atomic mass is 10.2. The van der Waals surface area contributed by atoms with Gasteiger partial charge < -0.3 is 14.2 Å². The van der Waals surface area contributed by atoms with Crippen LogP contribution in [-0.2, 0) is 11.3 Å². The third-order valence-corrected chi connectivity index (χ3v) is 4.53. The number of ether oxygens (including phenoxy) is 3. The van der Waals surface area contributed by atoms with Gasteiger partial charge >= 0.3 is 12.5 Å². The van der Waals surface area contributed by atoms with Gasteiger partial charge in [0.15, 0.2) is 17.3 Å². The first-order chi connectivity index (χ1) is 13.5. The number of hydrogen-bond acceptors (Lipinski definition) is 5. The second-order valence-corrected chi connectivity index (χ2v) is 6.52. The van der Waals surface area contributed by atoms with Crippen LogP contribution < -0.4 is 9.47 Å². The molecule has 9 heteroatoms. The van der Waals surface area contributed by atoms with Crippen molar-refractivity contribution in [1.82, 2.24) is 9.55 Å². The summed E-state index contributed by atoms with van der Waals surface area (Å²) < 4.78 is 44.1. The molecule has 0 aliphatic rings. The van der Waals surface area contributed by atoms with Crippen LogP contribution in [0.15, 0.2) is 40.9 Å². The lowest BCUT2D eigenvalue weighted by molar-refractivity contribution is 0.0387. The van der Waals surface area contributed by atoms with Gasteiger partial charge in [0.05, 0.1) is 34.8 Å². The fourth-order valence-corrected chi connectivity index (χ4v) is 3.38. The standard InChI is InChI=1S/C19H17BrF2N2O4/c1-3-27-15-9-11(8-12(20)17(15)26-2)18(25)28-10-16-23-13-6-4-5-7-14(13)24(16)19(21)22/h4-9,19H,3,10H2,1-2H3. The second-order valence-electron chi connectivity index (χ2n) is 5.66. The number of hydrogen-bond donors (Lipinski definition) is 0. The number of fused-ring (bicyclic) bond motifs is 1. The zero-order valence-electron chi connectivity index (χ0n) is 15.1. The van der Waals surface area contributed by atoms with Crippen molar-refractivity contribution in [3.05, 3.63) is 52.3 Å². The third-order valence-electron chi connectivity index (χ3n) is 3.95. The highest BCUT2D eigenvalue weighted by Gasteiger charge is 2.20. The molecule has 0 amide bonds. The largest absolute Gasteiger partial charge is 0.492 e. The summed E-state index contributed by atoms with van der Waals surface area (Å²) >= 11 is 3.32. The molecular weight excluding hydrogens is 438 g/mol. The van der Waals surface area contributed by atoms with E-state index >= 15 is 0 Å². The molecule has 3 aromatic rings. The van der Waals surface area contributed by atoms with E-state index in [1.807, 2.05) is 0 Å². The van der Waals surface area contributed by atoms with Crippen molar-refractivity contribution < 1.29 is 27.8 Å². The molecule has 0 N–H and O–H groups in total. The van der Waals surface area contributed by atoms with Gasteiger partial charge in [-0.25, -0.2) is 9.78 Å². The summed E-state index contributed by atoms with van der Waals surface area (Å²) in [5, 5.41) is 0. The minimum absolute atomic E-state index is 0.0397. The highest BCUT2D eigenvalue weighted by Crippen LogP contribution is 2.36. The molecule has 0 fully saturated rings. The molecular formula is C19H17BrF2N2O4. The first-order valence-corrected chi connectivity index (χ1v) is 9.17. The number of halogens is 3. The SMILES string of the molecule is CCOc1cc(C(=O)OCc2nc3ccccc3n2C(F)F)cc(Br)c1OC. The van der Waals surface area contributed by atoms with Crippen molar-refractivity contribution >= 4 is 32.9 Å². The summed E-state index contributed by atoms with van der Waals surface area (Å²) in [7, 11) is 1.48. The average Bonchev–Trinajstić information content (AvgIpc) is 3.04. The molecule has 1 aromatic heterocycles. The van der Waals surface area contributed by atoms with Gasteiger partial charge in [0, 0.05) is 0 Å². The van der Waals surface area contributed by atoms with Gasteiger partial charge in [0.2, 0.25) is 0 Å². The Hall–Kier alpha value is -2.68. The first kappa shape index (κ1) is 20.1. The zero-order valence-corrected chi connectivity index (χ0v) is 16.7. The van der Waals surface area contributed by atoms with Crippen molar-refractivity contribution in [1.29, 1.82) is 0 Å². The number of benzene rings is 2. The Kier molecular flexibility index (Phi) is 6.13. The van der Waals surface area contributed by atoms with Crippen molar-refractivity contribution in [3.63, 3.8) is 0 Å². The Balaban J connectivity index is 1.85. The van der Waals surface area contributed by atoms with Crippen LogP contribution >= 0.6 is 15.9 Å². The second kappa shape index (κ2) is 8.55. The number of alkyl halides is 2. The molecule has 28 heavy (non-hydrogen) atoms. The topological polar surface area (TPSA) is 62.6 Å². The van der Waals surface area contributed by atoms with E-state index in [1.165, 1.54) is 25.3 Å². The fraction of sp³-hybridized carbons (Fsp3) is 0.263. The Labute approximate surface area is 168 Å². The monoisotopic (exact) mass is 454 g/mol. The summed E-state index contributed by atoms with van der Waals surface area (Å²) in [5.74, 6) is 0.0726. The van der Waals surface area contributed by atoms with Crippen LogP contribution in [0, 0.1) is 0 Å². The Bertz CT molecular complexity index is 1010. The number of esters is 1. The highest BCUT2D eigenvalue weighted by molar-refractivity contribution is 9.10. The summed E-state index contributed by atoms with van der Waals surface area (Å²) in [6, 6.07) is 9.49. The van der Waals surface area contributed by atoms with Gasteiger partial charge in [-0.15, -0.1) is 0 Å². The molecule has 0 unspecified atom stereocenters. The van der Waals surface area contributed by atoms with Crippen LogP contribution in [0.2, 0.25) is 0 Å². The number of nitrogens with zero attached hydrogens (tertiary/aromatic N) is 2. The number of aromatic nitrogens is 2. The predicted molar refractivity (Wildman–Crippen MR) is 102 cm³/mol. The van der Waals surface area contributed by atoms with E-state index < -0.39 is 19.1 Å². The quantitative estimate of drug-likeness (QED) is 0.472. The van der Waals surface area contributed by atoms with E-state index in [9.17, 15) is 13.6 Å². The number of carbonyl (C=O) groups excluding carboxylic acids is 1. The molecule has 0 atom stereocenters. The Morgan fingerprint density at radius 1 is 1.29 bits per heavy atom. The summed E-state index contributed by atoms with van der Waals surface area (Å²) in [6.07, 6.45) is 0. The molecule has 1 heterocycles. The molecule has 0 aliphatic heterocycles. The normalized spacial score (nSPS) is 11.1. The van der Waals surface area contributed by atoms with E-state index in [1.54, 1.807) is 25.1 Å². The zero-order chi connectivity index (χ0) is 20.3.